The molecule has 6 aliphatic rings. The van der Waals surface area contributed by atoms with E-state index in [9.17, 15) is 29.5 Å². The molecule has 9 nitrogen and oxygen atoms in total. The van der Waals surface area contributed by atoms with Crippen molar-refractivity contribution in [1.29, 1.82) is 0 Å². The van der Waals surface area contributed by atoms with Crippen LogP contribution in [0, 0.1) is 28.6 Å². The zero-order valence-corrected chi connectivity index (χ0v) is 20.1. The van der Waals surface area contributed by atoms with E-state index in [4.69, 9.17) is 25.2 Å². The molecule has 2 aliphatic heterocycles. The van der Waals surface area contributed by atoms with E-state index in [1.165, 1.54) is 0 Å². The zero-order valence-electron chi connectivity index (χ0n) is 18.5. The number of carbonyl (C=O) groups is 2. The van der Waals surface area contributed by atoms with Crippen LogP contribution in [0.25, 0.3) is 0 Å². The minimum atomic E-state index is -4.01. The maximum absolute atomic E-state index is 12.9. The van der Waals surface area contributed by atoms with Crippen LogP contribution in [-0.2, 0) is 27.7 Å². The fourth-order valence-electron chi connectivity index (χ4n) is 8.20. The number of fused-ring (bicyclic) bond motifs is 8. The summed E-state index contributed by atoms with van der Waals surface area (Å²) in [6, 6.07) is 0. The number of carbonyl (C=O) groups excluding carboxylic acids is 2. The van der Waals surface area contributed by atoms with Gasteiger partial charge in [0.2, 0.25) is 5.76 Å². The summed E-state index contributed by atoms with van der Waals surface area (Å²) in [5.74, 6) is -2.51. The van der Waals surface area contributed by atoms with Gasteiger partial charge in [-0.15, -0.1) is 11.6 Å². The van der Waals surface area contributed by atoms with Crippen molar-refractivity contribution in [1.82, 2.24) is 0 Å². The predicted molar refractivity (Wildman–Crippen MR) is 112 cm³/mol. The van der Waals surface area contributed by atoms with E-state index in [1.807, 2.05) is 0 Å². The monoisotopic (exact) mass is 500 g/mol. The van der Waals surface area contributed by atoms with Gasteiger partial charge in [-0.05, 0) is 55.9 Å². The summed E-state index contributed by atoms with van der Waals surface area (Å²) < 4.78 is 29.2. The Balaban J connectivity index is 1.54. The number of aliphatic hydroxyl groups is 3. The second-order valence-electron chi connectivity index (χ2n) is 10.8. The van der Waals surface area contributed by atoms with Gasteiger partial charge in [0.1, 0.15) is 12.2 Å². The lowest BCUT2D eigenvalue weighted by molar-refractivity contribution is -0.180. The third-order valence-electron chi connectivity index (χ3n) is 9.74. The standard InChI is InChI=1S/C22H26ClO9P/c1-9-6-12-10-4-5-11-16-15(27)17-18(32-33(29,30-16)31-17)20(11,3)21(10,23)13(25)7-19(12,2)22(9,28)14(26)8-24/h9-10,12-13,24-25,28H,4-8H2,1-3H3/t9-,10-,12-,13-,19-,20-,21-,22-,33?/m0/s1. The number of aliphatic hydroxyl groups excluding tert-OH is 2. The van der Waals surface area contributed by atoms with Crippen LogP contribution in [0.5, 0.6) is 0 Å². The Bertz CT molecular complexity index is 1150. The van der Waals surface area contributed by atoms with Gasteiger partial charge in [0, 0.05) is 5.41 Å². The molecule has 3 N–H and O–H groups in total. The average Bonchev–Trinajstić information content (AvgIpc) is 3.13. The largest absolute Gasteiger partial charge is 0.647 e. The van der Waals surface area contributed by atoms with Gasteiger partial charge < -0.3 is 28.9 Å². The maximum atomic E-state index is 12.9. The average molecular weight is 501 g/mol. The molecule has 33 heavy (non-hydrogen) atoms. The van der Waals surface area contributed by atoms with E-state index < -0.39 is 59.3 Å². The number of rotatable bonds is 2. The van der Waals surface area contributed by atoms with Crippen LogP contribution in [0.3, 0.4) is 0 Å². The molecule has 0 aromatic heterocycles. The number of allylic oxidation sites excluding steroid dienone is 1. The Hall–Kier alpha value is -1.38. The highest BCUT2D eigenvalue weighted by atomic mass is 35.5. The first-order valence-electron chi connectivity index (χ1n) is 11.2. The summed E-state index contributed by atoms with van der Waals surface area (Å²) in [7, 11) is -4.01. The summed E-state index contributed by atoms with van der Waals surface area (Å²) in [5, 5.41) is 32.9. The first-order valence-corrected chi connectivity index (χ1v) is 13.1. The van der Waals surface area contributed by atoms with Gasteiger partial charge in [0.15, 0.2) is 17.3 Å². The molecular weight excluding hydrogens is 475 g/mol. The minimum Gasteiger partial charge on any atom is -0.391 e. The maximum Gasteiger partial charge on any atom is 0.647 e. The van der Waals surface area contributed by atoms with E-state index in [2.05, 4.69) is 0 Å². The minimum absolute atomic E-state index is 0.00160. The number of phosphoric ester groups is 1. The number of Topliss-reactive ketones (excluding diaryl/α,β-unsaturated/α-hetero) is 2. The lowest BCUT2D eigenvalue weighted by atomic mass is 9.45. The van der Waals surface area contributed by atoms with Crippen LogP contribution in [0.2, 0.25) is 0 Å². The number of hydrogen-bond donors (Lipinski definition) is 3. The summed E-state index contributed by atoms with van der Waals surface area (Å²) in [4.78, 5) is 24.2. The quantitative estimate of drug-likeness (QED) is 0.385. The predicted octanol–water partition coefficient (Wildman–Crippen LogP) is 2.33. The van der Waals surface area contributed by atoms with Gasteiger partial charge in [-0.25, -0.2) is 0 Å². The fourth-order valence-corrected chi connectivity index (χ4v) is 10.1. The Morgan fingerprint density at radius 2 is 1.88 bits per heavy atom. The number of halogens is 1. The third kappa shape index (κ3) is 2.09. The molecule has 1 saturated heterocycles. The van der Waals surface area contributed by atoms with Gasteiger partial charge in [-0.1, -0.05) is 13.8 Å². The van der Waals surface area contributed by atoms with Crippen molar-refractivity contribution in [2.24, 2.45) is 28.6 Å². The number of ketones is 2. The van der Waals surface area contributed by atoms with E-state index in [0.717, 1.165) is 0 Å². The fraction of sp³-hybridized carbons (Fsp3) is 0.727. The summed E-state index contributed by atoms with van der Waals surface area (Å²) in [6.07, 6.45) is 0.105. The van der Waals surface area contributed by atoms with Gasteiger partial charge in [0.05, 0.1) is 16.4 Å². The Morgan fingerprint density at radius 1 is 1.21 bits per heavy atom. The van der Waals surface area contributed by atoms with Gasteiger partial charge >= 0.3 is 7.82 Å². The van der Waals surface area contributed by atoms with Crippen molar-refractivity contribution in [3.05, 3.63) is 22.9 Å². The molecule has 0 amide bonds. The van der Waals surface area contributed by atoms with Gasteiger partial charge in [0.25, 0.3) is 5.78 Å². The Labute approximate surface area is 195 Å². The van der Waals surface area contributed by atoms with E-state index in [-0.39, 0.29) is 35.5 Å². The van der Waals surface area contributed by atoms with Crippen LogP contribution < -0.4 is 0 Å². The lowest BCUT2D eigenvalue weighted by Crippen LogP contribution is -2.69. The van der Waals surface area contributed by atoms with Crippen LogP contribution in [0.4, 0.5) is 0 Å². The topological polar surface area (TPSA) is 140 Å². The molecule has 3 saturated carbocycles. The molecule has 0 radical (unpaired) electrons. The molecule has 4 aliphatic carbocycles. The molecule has 6 rings (SSSR count). The first-order chi connectivity index (χ1) is 15.3. The molecular formula is C22H26ClO9P. The highest BCUT2D eigenvalue weighted by Crippen LogP contribution is 2.78. The van der Waals surface area contributed by atoms with E-state index in [0.29, 0.717) is 24.8 Å². The van der Waals surface area contributed by atoms with Crippen molar-refractivity contribution in [2.45, 2.75) is 63.0 Å². The van der Waals surface area contributed by atoms with Gasteiger partial charge in [-0.2, -0.15) is 4.57 Å². The molecule has 9 atom stereocenters. The van der Waals surface area contributed by atoms with E-state index >= 15 is 0 Å². The lowest BCUT2D eigenvalue weighted by Gasteiger charge is -2.63. The third-order valence-corrected chi connectivity index (χ3v) is 11.9. The normalized spacial score (nSPS) is 53.7. The SMILES string of the molecule is C[C@H]1C[C@H]2[C@@H]3CCC4=C5OP6(=O)OC(=C(O6)[C@@]4(C)[C@@]3(Cl)[C@@H](O)C[C@]2(C)[C@@]1(O)C(=O)CO)C5=O. The number of hydrogen-bond acceptors (Lipinski definition) is 9. The zero-order chi connectivity index (χ0) is 23.9. The second-order valence-corrected chi connectivity index (χ2v) is 12.9. The molecule has 3 bridgehead atoms. The first kappa shape index (κ1) is 22.1. The molecule has 0 aromatic rings. The van der Waals surface area contributed by atoms with Crippen molar-refractivity contribution < 1.29 is 43.0 Å². The molecule has 2 heterocycles. The number of phosphoric acid groups is 1. The summed E-state index contributed by atoms with van der Waals surface area (Å²) >= 11 is 7.44. The van der Waals surface area contributed by atoms with Gasteiger partial charge in [-0.3, -0.25) is 9.59 Å². The molecule has 4 fully saturated rings. The molecule has 11 heteroatoms. The van der Waals surface area contributed by atoms with Crippen LogP contribution in [-0.4, -0.2) is 50.1 Å². The molecule has 0 spiro atoms. The smallest absolute Gasteiger partial charge is 0.391 e. The van der Waals surface area contributed by atoms with Crippen molar-refractivity contribution in [2.75, 3.05) is 6.61 Å². The highest BCUT2D eigenvalue weighted by molar-refractivity contribution is 7.49. The molecule has 1 unspecified atom stereocenters. The second kappa shape index (κ2) is 6.05. The number of alkyl halides is 1. The van der Waals surface area contributed by atoms with Crippen LogP contribution >= 0.6 is 19.4 Å². The van der Waals surface area contributed by atoms with Crippen molar-refractivity contribution in [3.8, 4) is 0 Å². The van der Waals surface area contributed by atoms with E-state index in [1.54, 1.807) is 20.8 Å². The van der Waals surface area contributed by atoms with Crippen molar-refractivity contribution in [3.63, 3.8) is 0 Å². The highest BCUT2D eigenvalue weighted by Gasteiger charge is 2.78. The molecule has 180 valence electrons. The van der Waals surface area contributed by atoms with Crippen molar-refractivity contribution >= 4 is 31.0 Å². The Morgan fingerprint density at radius 3 is 2.55 bits per heavy atom. The van der Waals surface area contributed by atoms with Crippen LogP contribution in [0.15, 0.2) is 22.9 Å². The van der Waals surface area contributed by atoms with Crippen LogP contribution in [0.1, 0.15) is 46.5 Å². The summed E-state index contributed by atoms with van der Waals surface area (Å²) in [6.45, 7) is 4.53. The molecule has 0 aromatic carbocycles. The Kier molecular flexibility index (Phi) is 4.05. The summed E-state index contributed by atoms with van der Waals surface area (Å²) in [5.41, 5.74) is -3.52.